The standard InChI is InChI=1S/C32H40N2O5/c1-17-8-7-10-23-30(38)20(4)19(3)28-25(15-21-16-33-24-11-6-5-9-22(21)24)34-31(39)32(23,28)27(36)13-12-26(35)29(37)18(2)14-17/h5-7,9-11,14,16-17,19,23,25-26,28-30,33,35,37-38H,4,8,12-13,15H2,1-3H3,(H,34,39)/b10-7-,18-14-/t17-,19+,23-,25-,26-,28-,29+,30+,32+/m0/s1. The van der Waals surface area contributed by atoms with Crippen LogP contribution in [0.15, 0.2) is 66.4 Å². The van der Waals surface area contributed by atoms with Crippen molar-refractivity contribution in [2.75, 3.05) is 0 Å². The molecule has 2 heterocycles. The largest absolute Gasteiger partial charge is 0.390 e. The molecular formula is C32H40N2O5. The molecule has 5 N–H and O–H groups in total. The number of amides is 1. The molecule has 2 aromatic rings. The number of allylic oxidation sites excluding steroid dienone is 2. The molecule has 3 aliphatic rings. The van der Waals surface area contributed by atoms with Gasteiger partial charge < -0.3 is 25.6 Å². The highest BCUT2D eigenvalue weighted by atomic mass is 16.3. The number of carbonyl (C=O) groups excluding carboxylic acids is 2. The number of ketones is 1. The number of aromatic nitrogens is 1. The number of fused-ring (bicyclic) bond motifs is 1. The molecule has 1 aliphatic heterocycles. The van der Waals surface area contributed by atoms with Gasteiger partial charge in [-0.2, -0.15) is 0 Å². The Hall–Kier alpha value is -3.00. The average Bonchev–Trinajstić information content (AvgIpc) is 3.45. The molecule has 0 unspecified atom stereocenters. The molecule has 5 rings (SSSR count). The Morgan fingerprint density at radius 1 is 1.10 bits per heavy atom. The number of hydrogen-bond acceptors (Lipinski definition) is 5. The first-order chi connectivity index (χ1) is 18.6. The van der Waals surface area contributed by atoms with E-state index >= 15 is 0 Å². The SMILES string of the molecule is C=C1[C@@H](C)[C@H]2[C@H](Cc3c[nH]c4ccccc34)NC(=O)[C@]23C(=O)CC[C@H](O)[C@H](O)/C(C)=C\[C@@H](C)C/C=C\[C@H]3[C@@H]1O. The fourth-order valence-electron chi connectivity index (χ4n) is 7.42. The topological polar surface area (TPSA) is 123 Å². The second-order valence-electron chi connectivity index (χ2n) is 11.9. The van der Waals surface area contributed by atoms with Crippen LogP contribution in [0.1, 0.15) is 45.6 Å². The van der Waals surface area contributed by atoms with E-state index < -0.39 is 35.6 Å². The first kappa shape index (κ1) is 27.6. The molecule has 7 nitrogen and oxygen atoms in total. The van der Waals surface area contributed by atoms with Crippen molar-refractivity contribution in [3.8, 4) is 0 Å². The van der Waals surface area contributed by atoms with E-state index in [-0.39, 0.29) is 42.4 Å². The minimum absolute atomic E-state index is 0.0241. The summed E-state index contributed by atoms with van der Waals surface area (Å²) >= 11 is 0. The molecule has 39 heavy (non-hydrogen) atoms. The van der Waals surface area contributed by atoms with E-state index in [1.165, 1.54) is 0 Å². The summed E-state index contributed by atoms with van der Waals surface area (Å²) in [5.41, 5.74) is 1.84. The van der Waals surface area contributed by atoms with Crippen LogP contribution in [-0.4, -0.2) is 56.3 Å². The van der Waals surface area contributed by atoms with Gasteiger partial charge in [0.2, 0.25) is 5.91 Å². The maximum atomic E-state index is 14.3. The average molecular weight is 533 g/mol. The summed E-state index contributed by atoms with van der Waals surface area (Å²) < 4.78 is 0. The number of Topliss-reactive ketones (excluding diaryl/α,β-unsaturated/α-hetero) is 1. The summed E-state index contributed by atoms with van der Waals surface area (Å²) in [5.74, 6) is -2.12. The molecule has 9 atom stereocenters. The number of hydrogen-bond donors (Lipinski definition) is 5. The van der Waals surface area contributed by atoms with E-state index in [9.17, 15) is 24.9 Å². The molecular weight excluding hydrogens is 492 g/mol. The quantitative estimate of drug-likeness (QED) is 0.299. The van der Waals surface area contributed by atoms with Gasteiger partial charge in [-0.05, 0) is 60.8 Å². The molecule has 1 aromatic carbocycles. The van der Waals surface area contributed by atoms with Gasteiger partial charge in [0.05, 0.1) is 12.2 Å². The second kappa shape index (κ2) is 10.5. The van der Waals surface area contributed by atoms with Crippen molar-refractivity contribution in [3.05, 3.63) is 72.0 Å². The van der Waals surface area contributed by atoms with Crippen molar-refractivity contribution >= 4 is 22.6 Å². The third-order valence-electron chi connectivity index (χ3n) is 9.49. The van der Waals surface area contributed by atoms with Crippen LogP contribution in [0.5, 0.6) is 0 Å². The van der Waals surface area contributed by atoms with Gasteiger partial charge in [0.1, 0.15) is 17.3 Å². The van der Waals surface area contributed by atoms with Gasteiger partial charge in [0.25, 0.3) is 0 Å². The Morgan fingerprint density at radius 2 is 1.85 bits per heavy atom. The zero-order chi connectivity index (χ0) is 28.1. The van der Waals surface area contributed by atoms with E-state index in [1.807, 2.05) is 62.5 Å². The summed E-state index contributed by atoms with van der Waals surface area (Å²) in [5, 5.41) is 37.2. The molecule has 0 radical (unpaired) electrons. The lowest BCUT2D eigenvalue weighted by Crippen LogP contribution is -2.58. The highest BCUT2D eigenvalue weighted by Crippen LogP contribution is 2.57. The molecule has 1 amide bonds. The number of rotatable bonds is 2. The number of aromatic amines is 1. The number of benzene rings is 1. The molecule has 1 saturated carbocycles. The number of nitrogens with one attached hydrogen (secondary N) is 2. The van der Waals surface area contributed by atoms with Crippen LogP contribution in [-0.2, 0) is 16.0 Å². The predicted octanol–water partition coefficient (Wildman–Crippen LogP) is 3.61. The highest BCUT2D eigenvalue weighted by molar-refractivity contribution is 6.09. The summed E-state index contributed by atoms with van der Waals surface area (Å²) in [6.45, 7) is 9.96. The monoisotopic (exact) mass is 532 g/mol. The zero-order valence-electron chi connectivity index (χ0n) is 22.9. The van der Waals surface area contributed by atoms with Crippen molar-refractivity contribution in [2.45, 2.75) is 70.8 Å². The van der Waals surface area contributed by atoms with Crippen molar-refractivity contribution in [1.29, 1.82) is 0 Å². The predicted molar refractivity (Wildman–Crippen MR) is 151 cm³/mol. The number of para-hydroxylation sites is 1. The van der Waals surface area contributed by atoms with Crippen molar-refractivity contribution in [1.82, 2.24) is 10.3 Å². The van der Waals surface area contributed by atoms with Crippen LogP contribution < -0.4 is 5.32 Å². The molecule has 208 valence electrons. The van der Waals surface area contributed by atoms with Crippen LogP contribution >= 0.6 is 0 Å². The summed E-state index contributed by atoms with van der Waals surface area (Å²) in [4.78, 5) is 31.7. The third-order valence-corrected chi connectivity index (χ3v) is 9.49. The van der Waals surface area contributed by atoms with E-state index in [0.717, 1.165) is 16.5 Å². The van der Waals surface area contributed by atoms with Gasteiger partial charge in [0.15, 0.2) is 0 Å². The van der Waals surface area contributed by atoms with Crippen LogP contribution in [0.2, 0.25) is 0 Å². The lowest BCUT2D eigenvalue weighted by molar-refractivity contribution is -0.152. The van der Waals surface area contributed by atoms with Crippen LogP contribution in [0, 0.1) is 29.1 Å². The maximum absolute atomic E-state index is 14.3. The van der Waals surface area contributed by atoms with Gasteiger partial charge in [-0.25, -0.2) is 0 Å². The summed E-state index contributed by atoms with van der Waals surface area (Å²) in [6, 6.07) is 7.65. The lowest BCUT2D eigenvalue weighted by atomic mass is 9.51. The number of aliphatic hydroxyl groups is 3. The van der Waals surface area contributed by atoms with Crippen LogP contribution in [0.3, 0.4) is 0 Å². The highest BCUT2D eigenvalue weighted by Gasteiger charge is 2.68. The fraction of sp³-hybridized carbons (Fsp3) is 0.500. The second-order valence-corrected chi connectivity index (χ2v) is 11.9. The van der Waals surface area contributed by atoms with E-state index in [2.05, 4.69) is 16.9 Å². The fourth-order valence-corrected chi connectivity index (χ4v) is 7.42. The molecule has 1 spiro atoms. The van der Waals surface area contributed by atoms with Gasteiger partial charge >= 0.3 is 0 Å². The third kappa shape index (κ3) is 4.50. The summed E-state index contributed by atoms with van der Waals surface area (Å²) in [6.07, 6.45) is 5.44. The molecule has 1 saturated heterocycles. The number of H-pyrrole nitrogens is 1. The van der Waals surface area contributed by atoms with E-state index in [4.69, 9.17) is 0 Å². The lowest BCUT2D eigenvalue weighted by Gasteiger charge is -2.49. The first-order valence-electron chi connectivity index (χ1n) is 14.0. The molecule has 2 fully saturated rings. The van der Waals surface area contributed by atoms with Crippen molar-refractivity contribution < 1.29 is 24.9 Å². The first-order valence-corrected chi connectivity index (χ1v) is 14.0. The Kier molecular flexibility index (Phi) is 7.44. The zero-order valence-corrected chi connectivity index (χ0v) is 22.9. The van der Waals surface area contributed by atoms with E-state index in [0.29, 0.717) is 24.0 Å². The summed E-state index contributed by atoms with van der Waals surface area (Å²) in [7, 11) is 0. The van der Waals surface area contributed by atoms with Crippen LogP contribution in [0.25, 0.3) is 10.9 Å². The molecule has 1 aromatic heterocycles. The molecule has 2 aliphatic carbocycles. The van der Waals surface area contributed by atoms with Gasteiger partial charge in [-0.15, -0.1) is 0 Å². The molecule has 7 heteroatoms. The number of aliphatic hydroxyl groups excluding tert-OH is 3. The van der Waals surface area contributed by atoms with E-state index in [1.54, 1.807) is 6.92 Å². The Balaban J connectivity index is 1.59. The Morgan fingerprint density at radius 3 is 2.62 bits per heavy atom. The van der Waals surface area contributed by atoms with Crippen molar-refractivity contribution in [2.24, 2.45) is 29.1 Å². The van der Waals surface area contributed by atoms with Crippen molar-refractivity contribution in [3.63, 3.8) is 0 Å². The van der Waals surface area contributed by atoms with Gasteiger partial charge in [-0.1, -0.05) is 56.9 Å². The minimum Gasteiger partial charge on any atom is -0.390 e. The normalized spacial score (nSPS) is 39.9. The van der Waals surface area contributed by atoms with Gasteiger partial charge in [0, 0.05) is 41.4 Å². The van der Waals surface area contributed by atoms with Crippen LogP contribution in [0.4, 0.5) is 0 Å². The number of carbonyl (C=O) groups is 2. The smallest absolute Gasteiger partial charge is 0.235 e. The minimum atomic E-state index is -1.50. The Labute approximate surface area is 229 Å². The van der Waals surface area contributed by atoms with Gasteiger partial charge in [-0.3, -0.25) is 9.59 Å². The molecule has 0 bridgehead atoms. The Bertz CT molecular complexity index is 1340. The maximum Gasteiger partial charge on any atom is 0.235 e.